The van der Waals surface area contributed by atoms with E-state index in [1.165, 1.54) is 0 Å². The van der Waals surface area contributed by atoms with Gasteiger partial charge >= 0.3 is 6.03 Å². The first kappa shape index (κ1) is 21.6. The number of carbonyl (C=O) groups is 3. The van der Waals surface area contributed by atoms with E-state index in [9.17, 15) is 19.6 Å². The number of imide groups is 1. The maximum Gasteiger partial charge on any atom is 0.325 e. The monoisotopic (exact) mass is 430 g/mol. The number of rotatable bonds is 6. The molecule has 1 heterocycles. The van der Waals surface area contributed by atoms with Crippen LogP contribution in [0.3, 0.4) is 0 Å². The largest absolute Gasteiger partial charge is 0.336 e. The molecule has 4 rings (SSSR count). The summed E-state index contributed by atoms with van der Waals surface area (Å²) in [5.41, 5.74) is -0.666. The number of carbonyl (C=O) groups excluding carboxylic acids is 3. The van der Waals surface area contributed by atoms with E-state index in [0.717, 1.165) is 29.7 Å². The molecule has 2 N–H and O–H groups in total. The minimum absolute atomic E-state index is 0.267. The third-order valence-electron chi connectivity index (χ3n) is 6.36. The average Bonchev–Trinajstić information content (AvgIpc) is 3.05. The van der Waals surface area contributed by atoms with Crippen molar-refractivity contribution in [2.24, 2.45) is 0 Å². The van der Waals surface area contributed by atoms with Crippen LogP contribution in [0.1, 0.15) is 43.2 Å². The fraction of sp³-hybridized carbons (Fsp3) is 0.360. The number of urea groups is 1. The summed E-state index contributed by atoms with van der Waals surface area (Å²) in [6.45, 7) is -0.419. The third kappa shape index (κ3) is 4.09. The highest BCUT2D eigenvalue weighted by Crippen LogP contribution is 2.33. The van der Waals surface area contributed by atoms with Crippen molar-refractivity contribution in [1.82, 2.24) is 15.5 Å². The second kappa shape index (κ2) is 8.83. The van der Waals surface area contributed by atoms with Crippen molar-refractivity contribution < 1.29 is 14.4 Å². The Bertz CT molecular complexity index is 1040. The van der Waals surface area contributed by atoms with Crippen LogP contribution in [0.5, 0.6) is 0 Å². The number of hydrogen-bond acceptors (Lipinski definition) is 4. The number of nitriles is 1. The van der Waals surface area contributed by atoms with E-state index in [2.05, 4.69) is 16.7 Å². The molecule has 32 heavy (non-hydrogen) atoms. The van der Waals surface area contributed by atoms with Crippen LogP contribution in [0.25, 0.3) is 0 Å². The lowest BCUT2D eigenvalue weighted by molar-refractivity contribution is -0.135. The second-order valence-electron chi connectivity index (χ2n) is 8.56. The fourth-order valence-corrected chi connectivity index (χ4v) is 4.68. The lowest BCUT2D eigenvalue weighted by Crippen LogP contribution is -2.52. The topological polar surface area (TPSA) is 102 Å². The van der Waals surface area contributed by atoms with Crippen molar-refractivity contribution >= 4 is 17.8 Å². The Morgan fingerprint density at radius 2 is 1.62 bits per heavy atom. The molecule has 4 amide bonds. The van der Waals surface area contributed by atoms with Gasteiger partial charge < -0.3 is 10.6 Å². The maximum atomic E-state index is 13.6. The molecule has 0 aromatic heterocycles. The van der Waals surface area contributed by atoms with Gasteiger partial charge in [-0.15, -0.1) is 0 Å². The van der Waals surface area contributed by atoms with Gasteiger partial charge in [0.25, 0.3) is 5.91 Å². The molecule has 2 fully saturated rings. The fourth-order valence-electron chi connectivity index (χ4n) is 4.68. The molecule has 1 aliphatic heterocycles. The summed E-state index contributed by atoms with van der Waals surface area (Å²) < 4.78 is 0. The van der Waals surface area contributed by atoms with Gasteiger partial charge in [-0.2, -0.15) is 5.26 Å². The van der Waals surface area contributed by atoms with Crippen LogP contribution in [-0.2, 0) is 21.5 Å². The van der Waals surface area contributed by atoms with E-state index in [4.69, 9.17) is 0 Å². The van der Waals surface area contributed by atoms with E-state index in [1.54, 1.807) is 12.1 Å². The Labute approximate surface area is 187 Å². The molecular weight excluding hydrogens is 404 g/mol. The molecule has 0 bridgehead atoms. The lowest BCUT2D eigenvalue weighted by Gasteiger charge is -2.32. The highest BCUT2D eigenvalue weighted by molar-refractivity contribution is 6.09. The molecule has 2 aliphatic rings. The summed E-state index contributed by atoms with van der Waals surface area (Å²) in [6.07, 6.45) is 4.19. The normalized spacial score (nSPS) is 22.2. The van der Waals surface area contributed by atoms with Crippen LogP contribution < -0.4 is 10.6 Å². The minimum atomic E-state index is -1.29. The smallest absolute Gasteiger partial charge is 0.325 e. The molecule has 1 atom stereocenters. The molecule has 164 valence electrons. The van der Waals surface area contributed by atoms with Crippen molar-refractivity contribution in [3.63, 3.8) is 0 Å². The van der Waals surface area contributed by atoms with Gasteiger partial charge in [0, 0.05) is 6.42 Å². The molecule has 1 aliphatic carbocycles. The quantitative estimate of drug-likeness (QED) is 0.688. The van der Waals surface area contributed by atoms with Gasteiger partial charge in [-0.3, -0.25) is 14.5 Å². The molecule has 1 unspecified atom stereocenters. The van der Waals surface area contributed by atoms with Gasteiger partial charge in [-0.1, -0.05) is 79.9 Å². The molecule has 7 nitrogen and oxygen atoms in total. The van der Waals surface area contributed by atoms with Crippen LogP contribution in [0.2, 0.25) is 0 Å². The number of amides is 4. The van der Waals surface area contributed by atoms with E-state index < -0.39 is 35.5 Å². The number of nitrogens with zero attached hydrogens (tertiary/aromatic N) is 2. The maximum absolute atomic E-state index is 13.6. The molecule has 7 heteroatoms. The Hall–Kier alpha value is -3.66. The van der Waals surface area contributed by atoms with Gasteiger partial charge in [0.2, 0.25) is 5.91 Å². The number of nitrogens with one attached hydrogen (secondary N) is 2. The zero-order valence-corrected chi connectivity index (χ0v) is 17.8. The van der Waals surface area contributed by atoms with Crippen molar-refractivity contribution in [1.29, 1.82) is 5.26 Å². The van der Waals surface area contributed by atoms with Crippen LogP contribution in [0.15, 0.2) is 60.7 Å². The highest BCUT2D eigenvalue weighted by Gasteiger charge is 2.53. The Morgan fingerprint density at radius 3 is 2.25 bits per heavy atom. The first-order chi connectivity index (χ1) is 15.5. The Balaban J connectivity index is 1.58. The van der Waals surface area contributed by atoms with E-state index in [1.807, 2.05) is 48.5 Å². The highest BCUT2D eigenvalue weighted by atomic mass is 16.2. The zero-order valence-electron chi connectivity index (χ0n) is 17.8. The number of hydrogen-bond donors (Lipinski definition) is 2. The van der Waals surface area contributed by atoms with Crippen molar-refractivity contribution in [3.05, 3.63) is 71.8 Å². The van der Waals surface area contributed by atoms with Gasteiger partial charge in [0.15, 0.2) is 5.54 Å². The van der Waals surface area contributed by atoms with Gasteiger partial charge in [0.05, 0.1) is 6.07 Å². The summed E-state index contributed by atoms with van der Waals surface area (Å²) >= 11 is 0. The van der Waals surface area contributed by atoms with Crippen LogP contribution in [-0.4, -0.2) is 34.8 Å². The third-order valence-corrected chi connectivity index (χ3v) is 6.36. The van der Waals surface area contributed by atoms with Crippen LogP contribution >= 0.6 is 0 Å². The first-order valence-corrected chi connectivity index (χ1v) is 10.9. The lowest BCUT2D eigenvalue weighted by atomic mass is 9.83. The molecule has 1 saturated carbocycles. The van der Waals surface area contributed by atoms with E-state index >= 15 is 0 Å². The SMILES string of the molecule is N#CC1(NC(=O)CN2C(=O)NC(Cc3ccccc3)(c3ccccc3)C2=O)CCCCC1. The van der Waals surface area contributed by atoms with Crippen molar-refractivity contribution in [3.8, 4) is 6.07 Å². The van der Waals surface area contributed by atoms with Gasteiger partial charge in [-0.05, 0) is 24.0 Å². The predicted molar refractivity (Wildman–Crippen MR) is 118 cm³/mol. The summed E-state index contributed by atoms with van der Waals surface area (Å²) in [6, 6.07) is 20.2. The molecule has 0 radical (unpaired) electrons. The van der Waals surface area contributed by atoms with Crippen LogP contribution in [0, 0.1) is 11.3 Å². The summed E-state index contributed by atoms with van der Waals surface area (Å²) in [5, 5.41) is 15.3. The zero-order chi connectivity index (χ0) is 22.6. The predicted octanol–water partition coefficient (Wildman–Crippen LogP) is 3.02. The van der Waals surface area contributed by atoms with Crippen molar-refractivity contribution in [2.75, 3.05) is 6.54 Å². The Kier molecular flexibility index (Phi) is 5.95. The average molecular weight is 431 g/mol. The minimum Gasteiger partial charge on any atom is -0.336 e. The van der Waals surface area contributed by atoms with E-state index in [-0.39, 0.29) is 6.42 Å². The van der Waals surface area contributed by atoms with E-state index in [0.29, 0.717) is 18.4 Å². The van der Waals surface area contributed by atoms with Crippen molar-refractivity contribution in [2.45, 2.75) is 49.6 Å². The molecule has 1 saturated heterocycles. The standard InChI is InChI=1S/C25H26N4O3/c26-18-24(14-8-3-9-15-24)27-21(30)17-29-22(31)25(28-23(29)32,20-12-6-2-7-13-20)16-19-10-4-1-5-11-19/h1-2,4-7,10-13H,3,8-9,14-17H2,(H,27,30)(H,28,32). The van der Waals surface area contributed by atoms with Gasteiger partial charge in [0.1, 0.15) is 12.1 Å². The van der Waals surface area contributed by atoms with Gasteiger partial charge in [-0.25, -0.2) is 4.79 Å². The second-order valence-corrected chi connectivity index (χ2v) is 8.56. The first-order valence-electron chi connectivity index (χ1n) is 10.9. The summed E-state index contributed by atoms with van der Waals surface area (Å²) in [7, 11) is 0. The van der Waals surface area contributed by atoms with Crippen LogP contribution in [0.4, 0.5) is 4.79 Å². The summed E-state index contributed by atoms with van der Waals surface area (Å²) in [5.74, 6) is -0.970. The molecular formula is C25H26N4O3. The molecule has 2 aromatic rings. The summed E-state index contributed by atoms with van der Waals surface area (Å²) in [4.78, 5) is 40.3. The molecule has 0 spiro atoms. The molecule has 2 aromatic carbocycles. The number of benzene rings is 2. The Morgan fingerprint density at radius 1 is 1.00 bits per heavy atom.